The smallest absolute Gasteiger partial charge is 0.155 e. The molecule has 0 aliphatic heterocycles. The van der Waals surface area contributed by atoms with Crippen molar-refractivity contribution in [3.63, 3.8) is 0 Å². The molecule has 0 aliphatic carbocycles. The van der Waals surface area contributed by atoms with Gasteiger partial charge in [-0.25, -0.2) is 9.97 Å². The van der Waals surface area contributed by atoms with Gasteiger partial charge in [0.1, 0.15) is 5.15 Å². The zero-order valence-electron chi connectivity index (χ0n) is 6.24. The zero-order valence-corrected chi connectivity index (χ0v) is 6.99. The fourth-order valence-electron chi connectivity index (χ4n) is 1.07. The van der Waals surface area contributed by atoms with Crippen LogP contribution in [0.4, 0.5) is 0 Å². The van der Waals surface area contributed by atoms with Crippen LogP contribution in [0.1, 0.15) is 5.69 Å². The van der Waals surface area contributed by atoms with Crippen LogP contribution in [0, 0.1) is 0 Å². The molecule has 0 bridgehead atoms. The normalized spacial score (nSPS) is 10.8. The van der Waals surface area contributed by atoms with E-state index in [2.05, 4.69) is 9.97 Å². The lowest BCUT2D eigenvalue weighted by atomic mass is 10.5. The minimum atomic E-state index is 0.440. The summed E-state index contributed by atoms with van der Waals surface area (Å²) < 4.78 is 1.83. The number of fused-ring (bicyclic) bond motifs is 1. The van der Waals surface area contributed by atoms with Crippen LogP contribution < -0.4 is 5.73 Å². The second kappa shape index (κ2) is 2.73. The van der Waals surface area contributed by atoms with E-state index >= 15 is 0 Å². The van der Waals surface area contributed by atoms with Gasteiger partial charge in [0.15, 0.2) is 5.65 Å². The highest BCUT2D eigenvalue weighted by Gasteiger charge is 2.01. The monoisotopic (exact) mass is 182 g/mol. The predicted molar refractivity (Wildman–Crippen MR) is 45.9 cm³/mol. The molecule has 2 N–H and O–H groups in total. The minimum absolute atomic E-state index is 0.440. The summed E-state index contributed by atoms with van der Waals surface area (Å²) in [4.78, 5) is 7.99. The van der Waals surface area contributed by atoms with E-state index < -0.39 is 0 Å². The summed E-state index contributed by atoms with van der Waals surface area (Å²) in [5.74, 6) is 0. The molecule has 0 fully saturated rings. The van der Waals surface area contributed by atoms with Crippen molar-refractivity contribution in [2.24, 2.45) is 5.73 Å². The molecule has 0 aliphatic rings. The molecular formula is C7H7ClN4. The van der Waals surface area contributed by atoms with Gasteiger partial charge < -0.3 is 5.73 Å². The summed E-state index contributed by atoms with van der Waals surface area (Å²) in [6.07, 6.45) is 5.03. The molecule has 0 unspecified atom stereocenters. The van der Waals surface area contributed by atoms with Crippen LogP contribution in [0.5, 0.6) is 0 Å². The molecular weight excluding hydrogens is 176 g/mol. The maximum Gasteiger partial charge on any atom is 0.155 e. The first kappa shape index (κ1) is 7.52. The Balaban J connectivity index is 2.75. The third kappa shape index (κ3) is 1.05. The van der Waals surface area contributed by atoms with Crippen LogP contribution in [0.15, 0.2) is 18.6 Å². The van der Waals surface area contributed by atoms with Crippen LogP contribution >= 0.6 is 11.6 Å². The third-order valence-electron chi connectivity index (χ3n) is 1.65. The fraction of sp³-hybridized carbons (Fsp3) is 0.143. The standard InChI is InChI=1S/C7H7ClN4/c8-6-4-12-5(1-9)2-11-7(12)3-10-6/h2-4H,1,9H2. The second-order valence-corrected chi connectivity index (χ2v) is 2.78. The van der Waals surface area contributed by atoms with E-state index in [0.717, 1.165) is 11.3 Å². The van der Waals surface area contributed by atoms with Gasteiger partial charge in [-0.05, 0) is 0 Å². The number of aromatic nitrogens is 3. The lowest BCUT2D eigenvalue weighted by Crippen LogP contribution is -2.00. The van der Waals surface area contributed by atoms with Gasteiger partial charge in [0.2, 0.25) is 0 Å². The summed E-state index contributed by atoms with van der Waals surface area (Å²) in [5, 5.41) is 0.440. The van der Waals surface area contributed by atoms with E-state index in [1.54, 1.807) is 18.6 Å². The van der Waals surface area contributed by atoms with Crippen molar-refractivity contribution in [1.29, 1.82) is 0 Å². The lowest BCUT2D eigenvalue weighted by molar-refractivity contribution is 0.951. The van der Waals surface area contributed by atoms with Gasteiger partial charge in [-0.2, -0.15) is 0 Å². The van der Waals surface area contributed by atoms with Crippen molar-refractivity contribution in [2.45, 2.75) is 6.54 Å². The first-order chi connectivity index (χ1) is 5.81. The number of nitrogens with zero attached hydrogens (tertiary/aromatic N) is 3. The average molecular weight is 183 g/mol. The maximum absolute atomic E-state index is 5.70. The Kier molecular flexibility index (Phi) is 1.71. The van der Waals surface area contributed by atoms with Crippen LogP contribution in [-0.2, 0) is 6.54 Å². The number of nitrogens with two attached hydrogens (primary N) is 1. The second-order valence-electron chi connectivity index (χ2n) is 2.39. The predicted octanol–water partition coefficient (Wildman–Crippen LogP) is 0.841. The molecule has 0 saturated carbocycles. The van der Waals surface area contributed by atoms with Crippen molar-refractivity contribution in [3.05, 3.63) is 29.4 Å². The number of hydrogen-bond acceptors (Lipinski definition) is 3. The van der Waals surface area contributed by atoms with Gasteiger partial charge in [0.05, 0.1) is 18.1 Å². The number of imidazole rings is 1. The molecule has 62 valence electrons. The number of halogens is 1. The molecule has 0 atom stereocenters. The Morgan fingerprint density at radius 3 is 3.00 bits per heavy atom. The van der Waals surface area contributed by atoms with E-state index in [0.29, 0.717) is 11.7 Å². The number of rotatable bonds is 1. The quantitative estimate of drug-likeness (QED) is 0.711. The van der Waals surface area contributed by atoms with Crippen molar-refractivity contribution in [3.8, 4) is 0 Å². The first-order valence-electron chi connectivity index (χ1n) is 3.49. The topological polar surface area (TPSA) is 56.2 Å². The highest BCUT2D eigenvalue weighted by molar-refractivity contribution is 6.29. The molecule has 0 aromatic carbocycles. The zero-order chi connectivity index (χ0) is 8.55. The van der Waals surface area contributed by atoms with Gasteiger partial charge in [0, 0.05) is 12.7 Å². The van der Waals surface area contributed by atoms with Crippen LogP contribution in [-0.4, -0.2) is 14.4 Å². The van der Waals surface area contributed by atoms with Crippen molar-refractivity contribution < 1.29 is 0 Å². The van der Waals surface area contributed by atoms with E-state index in [1.165, 1.54) is 0 Å². The fourth-order valence-corrected chi connectivity index (χ4v) is 1.21. The average Bonchev–Trinajstić information content (AvgIpc) is 2.46. The number of hydrogen-bond donors (Lipinski definition) is 1. The lowest BCUT2D eigenvalue weighted by Gasteiger charge is -1.96. The molecule has 0 saturated heterocycles. The van der Waals surface area contributed by atoms with Crippen LogP contribution in [0.2, 0.25) is 5.15 Å². The maximum atomic E-state index is 5.70. The summed E-state index contributed by atoms with van der Waals surface area (Å²) >= 11 is 5.70. The van der Waals surface area contributed by atoms with Gasteiger partial charge >= 0.3 is 0 Å². The van der Waals surface area contributed by atoms with Gasteiger partial charge in [-0.1, -0.05) is 11.6 Å². The third-order valence-corrected chi connectivity index (χ3v) is 1.85. The Labute approximate surface area is 74.0 Å². The molecule has 0 spiro atoms. The molecule has 4 nitrogen and oxygen atoms in total. The van der Waals surface area contributed by atoms with E-state index in [9.17, 15) is 0 Å². The van der Waals surface area contributed by atoms with Crippen molar-refractivity contribution in [1.82, 2.24) is 14.4 Å². The van der Waals surface area contributed by atoms with Crippen LogP contribution in [0.3, 0.4) is 0 Å². The minimum Gasteiger partial charge on any atom is -0.325 e. The van der Waals surface area contributed by atoms with Gasteiger partial charge in [-0.3, -0.25) is 4.40 Å². The molecule has 2 rings (SSSR count). The summed E-state index contributed by atoms with van der Waals surface area (Å²) in [5.41, 5.74) is 7.18. The van der Waals surface area contributed by atoms with E-state index in [4.69, 9.17) is 17.3 Å². The highest BCUT2D eigenvalue weighted by Crippen LogP contribution is 2.08. The highest BCUT2D eigenvalue weighted by atomic mass is 35.5. The molecule has 0 amide bonds. The SMILES string of the molecule is NCc1cnc2cnc(Cl)cn12. The molecule has 2 heterocycles. The Hall–Kier alpha value is -1.13. The molecule has 12 heavy (non-hydrogen) atoms. The summed E-state index contributed by atoms with van der Waals surface area (Å²) in [6, 6.07) is 0. The Bertz CT molecular complexity index is 409. The van der Waals surface area contributed by atoms with E-state index in [1.807, 2.05) is 4.40 Å². The Morgan fingerprint density at radius 2 is 2.25 bits per heavy atom. The molecule has 0 radical (unpaired) electrons. The Morgan fingerprint density at radius 1 is 1.42 bits per heavy atom. The summed E-state index contributed by atoms with van der Waals surface area (Å²) in [6.45, 7) is 0.446. The molecule has 5 heteroatoms. The first-order valence-corrected chi connectivity index (χ1v) is 3.86. The van der Waals surface area contributed by atoms with Crippen LogP contribution in [0.25, 0.3) is 5.65 Å². The summed E-state index contributed by atoms with van der Waals surface area (Å²) in [7, 11) is 0. The van der Waals surface area contributed by atoms with Crippen molar-refractivity contribution in [2.75, 3.05) is 0 Å². The largest absolute Gasteiger partial charge is 0.325 e. The van der Waals surface area contributed by atoms with Crippen molar-refractivity contribution >= 4 is 17.2 Å². The van der Waals surface area contributed by atoms with Gasteiger partial charge in [0.25, 0.3) is 0 Å². The van der Waals surface area contributed by atoms with Gasteiger partial charge in [-0.15, -0.1) is 0 Å². The van der Waals surface area contributed by atoms with E-state index in [-0.39, 0.29) is 0 Å². The molecule has 2 aromatic heterocycles. The molecule has 2 aromatic rings.